The summed E-state index contributed by atoms with van der Waals surface area (Å²) >= 11 is 0. The summed E-state index contributed by atoms with van der Waals surface area (Å²) in [6.45, 7) is 1.54. The first-order valence-corrected chi connectivity index (χ1v) is 9.34. The van der Waals surface area contributed by atoms with Gasteiger partial charge in [-0.25, -0.2) is 0 Å². The number of para-hydroxylation sites is 1. The van der Waals surface area contributed by atoms with E-state index in [4.69, 9.17) is 4.74 Å². The number of amides is 2. The normalized spacial score (nSPS) is 16.6. The summed E-state index contributed by atoms with van der Waals surface area (Å²) in [5.74, 6) is -0.163. The van der Waals surface area contributed by atoms with Crippen LogP contribution in [0.5, 0.6) is 0 Å². The van der Waals surface area contributed by atoms with Crippen LogP contribution in [-0.2, 0) is 22.6 Å². The number of aromatic nitrogens is 2. The number of nitrogens with one attached hydrogen (secondary N) is 1. The van der Waals surface area contributed by atoms with Crippen molar-refractivity contribution >= 4 is 22.7 Å². The van der Waals surface area contributed by atoms with E-state index in [1.807, 2.05) is 48.7 Å². The van der Waals surface area contributed by atoms with Gasteiger partial charge in [0.15, 0.2) is 0 Å². The van der Waals surface area contributed by atoms with E-state index in [0.717, 1.165) is 16.6 Å². The van der Waals surface area contributed by atoms with E-state index in [9.17, 15) is 9.59 Å². The van der Waals surface area contributed by atoms with Crippen LogP contribution in [0.1, 0.15) is 16.2 Å². The quantitative estimate of drug-likeness (QED) is 0.754. The molecular formula is C21H24N4O3. The minimum Gasteiger partial charge on any atom is -0.365 e. The van der Waals surface area contributed by atoms with Gasteiger partial charge in [-0.2, -0.15) is 0 Å². The number of ether oxygens (including phenoxy) is 1. The molecule has 0 aliphatic carbocycles. The predicted molar refractivity (Wildman–Crippen MR) is 106 cm³/mol. The Morgan fingerprint density at radius 3 is 2.79 bits per heavy atom. The van der Waals surface area contributed by atoms with E-state index in [2.05, 4.69) is 9.55 Å². The van der Waals surface area contributed by atoms with Gasteiger partial charge < -0.3 is 24.1 Å². The maximum absolute atomic E-state index is 13.2. The van der Waals surface area contributed by atoms with Gasteiger partial charge in [0.05, 0.1) is 19.2 Å². The second kappa shape index (κ2) is 7.52. The van der Waals surface area contributed by atoms with E-state index < -0.39 is 0 Å². The lowest BCUT2D eigenvalue weighted by molar-refractivity contribution is -0.136. The maximum Gasteiger partial charge on any atom is 0.270 e. The lowest BCUT2D eigenvalue weighted by Gasteiger charge is -2.24. The van der Waals surface area contributed by atoms with Gasteiger partial charge >= 0.3 is 0 Å². The number of carbonyl (C=O) groups is 2. The SMILES string of the molecule is CN(C)C(=O)COC1CN(C(=O)c2cc3ccccc3[nH]2)Cc2cccn2C1. The number of aromatic amines is 1. The number of likely N-dealkylation sites (N-methyl/N-ethyl adjacent to an activating group) is 1. The summed E-state index contributed by atoms with van der Waals surface area (Å²) in [5, 5.41) is 1.01. The number of nitrogens with zero attached hydrogens (tertiary/aromatic N) is 3. The molecule has 1 atom stereocenters. The summed E-state index contributed by atoms with van der Waals surface area (Å²) in [5.41, 5.74) is 2.55. The fourth-order valence-electron chi connectivity index (χ4n) is 3.49. The molecule has 0 saturated carbocycles. The average molecular weight is 380 g/mol. The number of benzene rings is 1. The average Bonchev–Trinajstić information content (AvgIpc) is 3.27. The highest BCUT2D eigenvalue weighted by atomic mass is 16.5. The lowest BCUT2D eigenvalue weighted by Crippen LogP contribution is -2.39. The molecule has 146 valence electrons. The van der Waals surface area contributed by atoms with Gasteiger partial charge in [-0.1, -0.05) is 18.2 Å². The fourth-order valence-corrected chi connectivity index (χ4v) is 3.49. The highest BCUT2D eigenvalue weighted by Crippen LogP contribution is 2.20. The highest BCUT2D eigenvalue weighted by molar-refractivity contribution is 5.98. The van der Waals surface area contributed by atoms with Crippen LogP contribution in [0.25, 0.3) is 10.9 Å². The molecule has 7 nitrogen and oxygen atoms in total. The zero-order chi connectivity index (χ0) is 19.7. The Morgan fingerprint density at radius 1 is 1.18 bits per heavy atom. The van der Waals surface area contributed by atoms with E-state index in [-0.39, 0.29) is 24.5 Å². The van der Waals surface area contributed by atoms with Gasteiger partial charge in [0.2, 0.25) is 5.91 Å². The number of fused-ring (bicyclic) bond motifs is 2. The van der Waals surface area contributed by atoms with Crippen molar-refractivity contribution < 1.29 is 14.3 Å². The van der Waals surface area contributed by atoms with Crippen LogP contribution in [0, 0.1) is 0 Å². The van der Waals surface area contributed by atoms with Crippen molar-refractivity contribution in [2.75, 3.05) is 27.2 Å². The number of H-pyrrole nitrogens is 1. The van der Waals surface area contributed by atoms with Crippen LogP contribution in [0.3, 0.4) is 0 Å². The van der Waals surface area contributed by atoms with Gasteiger partial charge in [-0.3, -0.25) is 9.59 Å². The molecule has 0 saturated heterocycles. The third kappa shape index (κ3) is 3.66. The third-order valence-corrected chi connectivity index (χ3v) is 5.09. The third-order valence-electron chi connectivity index (χ3n) is 5.09. The first-order valence-electron chi connectivity index (χ1n) is 9.34. The van der Waals surface area contributed by atoms with Gasteiger partial charge in [0.25, 0.3) is 5.91 Å². The topological polar surface area (TPSA) is 70.6 Å². The Kier molecular flexibility index (Phi) is 4.92. The molecule has 2 aromatic heterocycles. The summed E-state index contributed by atoms with van der Waals surface area (Å²) < 4.78 is 7.96. The zero-order valence-corrected chi connectivity index (χ0v) is 16.1. The molecule has 1 unspecified atom stereocenters. The Bertz CT molecular complexity index is 971. The van der Waals surface area contributed by atoms with Crippen molar-refractivity contribution in [2.24, 2.45) is 0 Å². The van der Waals surface area contributed by atoms with E-state index >= 15 is 0 Å². The molecule has 0 bridgehead atoms. The fraction of sp³-hybridized carbons (Fsp3) is 0.333. The lowest BCUT2D eigenvalue weighted by atomic mass is 10.2. The molecule has 4 rings (SSSR count). The predicted octanol–water partition coefficient (Wildman–Crippen LogP) is 2.10. The van der Waals surface area contributed by atoms with Crippen LogP contribution in [-0.4, -0.2) is 64.5 Å². The van der Waals surface area contributed by atoms with Crippen molar-refractivity contribution in [1.29, 1.82) is 0 Å². The van der Waals surface area contributed by atoms with Crippen molar-refractivity contribution in [3.8, 4) is 0 Å². The minimum atomic E-state index is -0.258. The van der Waals surface area contributed by atoms with E-state index in [1.165, 1.54) is 4.90 Å². The molecule has 0 radical (unpaired) electrons. The summed E-state index contributed by atoms with van der Waals surface area (Å²) in [4.78, 5) is 31.6. The largest absolute Gasteiger partial charge is 0.365 e. The van der Waals surface area contributed by atoms with Crippen molar-refractivity contribution in [2.45, 2.75) is 19.2 Å². The Labute approximate surface area is 163 Å². The maximum atomic E-state index is 13.2. The number of carbonyl (C=O) groups excluding carboxylic acids is 2. The standard InChI is InChI=1S/C21H24N4O3/c1-23(2)20(26)14-28-17-12-24-9-5-7-16(24)11-25(13-17)21(27)19-10-15-6-3-4-8-18(15)22-19/h3-10,17,22H,11-14H2,1-2H3. The molecule has 3 heterocycles. The van der Waals surface area contributed by atoms with Gasteiger partial charge in [-0.05, 0) is 24.3 Å². The smallest absolute Gasteiger partial charge is 0.270 e. The molecule has 0 spiro atoms. The number of hydrogen-bond acceptors (Lipinski definition) is 3. The molecule has 0 fully saturated rings. The molecule has 1 aliphatic heterocycles. The highest BCUT2D eigenvalue weighted by Gasteiger charge is 2.27. The number of hydrogen-bond donors (Lipinski definition) is 1. The molecule has 1 aromatic carbocycles. The Balaban J connectivity index is 1.56. The van der Waals surface area contributed by atoms with E-state index in [1.54, 1.807) is 19.0 Å². The molecule has 1 aliphatic rings. The summed E-state index contributed by atoms with van der Waals surface area (Å²) in [6.07, 6.45) is 1.72. The molecule has 3 aromatic rings. The molecule has 28 heavy (non-hydrogen) atoms. The molecule has 7 heteroatoms. The van der Waals surface area contributed by atoms with Gasteiger partial charge in [0, 0.05) is 43.4 Å². The number of rotatable bonds is 4. The first kappa shape index (κ1) is 18.3. The van der Waals surface area contributed by atoms with E-state index in [0.29, 0.717) is 25.3 Å². The second-order valence-corrected chi connectivity index (χ2v) is 7.33. The van der Waals surface area contributed by atoms with Crippen molar-refractivity contribution in [3.05, 3.63) is 60.0 Å². The zero-order valence-electron chi connectivity index (χ0n) is 16.1. The van der Waals surface area contributed by atoms with Crippen LogP contribution in [0.2, 0.25) is 0 Å². The van der Waals surface area contributed by atoms with Crippen molar-refractivity contribution in [1.82, 2.24) is 19.4 Å². The van der Waals surface area contributed by atoms with Crippen LogP contribution >= 0.6 is 0 Å². The summed E-state index contributed by atoms with van der Waals surface area (Å²) in [6, 6.07) is 13.7. The van der Waals surface area contributed by atoms with Crippen LogP contribution in [0.15, 0.2) is 48.7 Å². The Hall–Kier alpha value is -3.06. The monoisotopic (exact) mass is 380 g/mol. The van der Waals surface area contributed by atoms with Gasteiger partial charge in [0.1, 0.15) is 12.3 Å². The summed E-state index contributed by atoms with van der Waals surface area (Å²) in [7, 11) is 3.41. The molecule has 2 amide bonds. The molecular weight excluding hydrogens is 356 g/mol. The molecule has 1 N–H and O–H groups in total. The Morgan fingerprint density at radius 2 is 2.00 bits per heavy atom. The van der Waals surface area contributed by atoms with Crippen LogP contribution in [0.4, 0.5) is 0 Å². The second-order valence-electron chi connectivity index (χ2n) is 7.33. The first-order chi connectivity index (χ1) is 13.5. The van der Waals surface area contributed by atoms with Crippen LogP contribution < -0.4 is 0 Å². The van der Waals surface area contributed by atoms with Gasteiger partial charge in [-0.15, -0.1) is 0 Å². The minimum absolute atomic E-state index is 0.00267. The van der Waals surface area contributed by atoms with Crippen molar-refractivity contribution in [3.63, 3.8) is 0 Å².